The molecule has 0 fully saturated rings. The molecule has 0 atom stereocenters. The molecule has 10 nitrogen and oxygen atoms in total. The van der Waals surface area contributed by atoms with Gasteiger partial charge in [-0.3, -0.25) is 25.2 Å². The maximum absolute atomic E-state index is 13.4. The molecule has 4 aromatic carbocycles. The standard InChI is InChI=1S/C26H14ClFN4O6/c27-21-11-16(28)4-7-20(21)26-30-22-12-17(5-8-24(22)38-26)29-14-15-2-1-3-19(10-15)37-25-9-6-18(31(33)34)13-23(25)32(35)36/h1-14H. The van der Waals surface area contributed by atoms with Crippen molar-refractivity contribution in [3.63, 3.8) is 0 Å². The molecular weight excluding hydrogens is 519 g/mol. The number of hydrogen-bond acceptors (Lipinski definition) is 8. The number of benzene rings is 4. The van der Waals surface area contributed by atoms with Crippen molar-refractivity contribution in [2.75, 3.05) is 0 Å². The number of nitrogens with zero attached hydrogens (tertiary/aromatic N) is 4. The summed E-state index contributed by atoms with van der Waals surface area (Å²) in [5.41, 5.74) is 1.74. The van der Waals surface area contributed by atoms with Crippen molar-refractivity contribution in [2.24, 2.45) is 4.99 Å². The third-order valence-corrected chi connectivity index (χ3v) is 5.64. The highest BCUT2D eigenvalue weighted by atomic mass is 35.5. The van der Waals surface area contributed by atoms with Crippen LogP contribution in [0.15, 0.2) is 88.3 Å². The van der Waals surface area contributed by atoms with Gasteiger partial charge in [0.15, 0.2) is 5.58 Å². The van der Waals surface area contributed by atoms with Crippen molar-refractivity contribution in [3.8, 4) is 23.0 Å². The zero-order valence-corrected chi connectivity index (χ0v) is 19.8. The lowest BCUT2D eigenvalue weighted by Gasteiger charge is -2.07. The molecule has 0 radical (unpaired) electrons. The monoisotopic (exact) mass is 532 g/mol. The maximum Gasteiger partial charge on any atom is 0.318 e. The number of ether oxygens (including phenoxy) is 1. The number of aliphatic imine (C=N–C) groups is 1. The van der Waals surface area contributed by atoms with Gasteiger partial charge in [-0.25, -0.2) is 9.37 Å². The molecular formula is C26H14ClFN4O6. The number of rotatable bonds is 7. The van der Waals surface area contributed by atoms with E-state index in [1.54, 1.807) is 48.7 Å². The van der Waals surface area contributed by atoms with Crippen LogP contribution in [-0.2, 0) is 0 Å². The van der Waals surface area contributed by atoms with E-state index in [9.17, 15) is 24.6 Å². The summed E-state index contributed by atoms with van der Waals surface area (Å²) in [6, 6.07) is 18.8. The normalized spacial score (nSPS) is 11.2. The van der Waals surface area contributed by atoms with Crippen molar-refractivity contribution in [1.82, 2.24) is 4.98 Å². The fourth-order valence-electron chi connectivity index (χ4n) is 3.56. The van der Waals surface area contributed by atoms with Gasteiger partial charge in [-0.1, -0.05) is 23.7 Å². The van der Waals surface area contributed by atoms with Gasteiger partial charge in [0.25, 0.3) is 5.69 Å². The minimum absolute atomic E-state index is 0.136. The summed E-state index contributed by atoms with van der Waals surface area (Å²) in [7, 11) is 0. The van der Waals surface area contributed by atoms with Crippen LogP contribution in [0.3, 0.4) is 0 Å². The Bertz CT molecular complexity index is 1750. The highest BCUT2D eigenvalue weighted by Crippen LogP contribution is 2.35. The molecule has 1 heterocycles. The number of non-ortho nitro benzene ring substituents is 1. The molecule has 188 valence electrons. The quantitative estimate of drug-likeness (QED) is 0.119. The van der Waals surface area contributed by atoms with Crippen LogP contribution in [0, 0.1) is 26.0 Å². The van der Waals surface area contributed by atoms with Gasteiger partial charge >= 0.3 is 5.69 Å². The van der Waals surface area contributed by atoms with Gasteiger partial charge in [0, 0.05) is 12.3 Å². The number of aromatic nitrogens is 1. The third kappa shape index (κ3) is 5.18. The van der Waals surface area contributed by atoms with E-state index in [-0.39, 0.29) is 22.4 Å². The molecule has 0 saturated carbocycles. The Kier molecular flexibility index (Phi) is 6.50. The van der Waals surface area contributed by atoms with Crippen LogP contribution >= 0.6 is 11.6 Å². The second-order valence-electron chi connectivity index (χ2n) is 7.89. The van der Waals surface area contributed by atoms with E-state index >= 15 is 0 Å². The van der Waals surface area contributed by atoms with Gasteiger partial charge in [-0.05, 0) is 60.2 Å². The predicted octanol–water partition coefficient (Wildman–Crippen LogP) is 7.65. The molecule has 1 aromatic heterocycles. The average Bonchev–Trinajstić information content (AvgIpc) is 3.30. The van der Waals surface area contributed by atoms with E-state index in [1.165, 1.54) is 24.3 Å². The molecule has 0 saturated heterocycles. The van der Waals surface area contributed by atoms with Crippen molar-refractivity contribution in [2.45, 2.75) is 0 Å². The molecule has 12 heteroatoms. The molecule has 0 N–H and O–H groups in total. The fourth-order valence-corrected chi connectivity index (χ4v) is 3.80. The van der Waals surface area contributed by atoms with E-state index < -0.39 is 27.0 Å². The molecule has 0 spiro atoms. The Morgan fingerprint density at radius 1 is 0.974 bits per heavy atom. The number of hydrogen-bond donors (Lipinski definition) is 0. The highest BCUT2D eigenvalue weighted by molar-refractivity contribution is 6.33. The van der Waals surface area contributed by atoms with Gasteiger partial charge in [-0.2, -0.15) is 0 Å². The van der Waals surface area contributed by atoms with Crippen LogP contribution in [0.2, 0.25) is 5.02 Å². The van der Waals surface area contributed by atoms with Crippen molar-refractivity contribution < 1.29 is 23.4 Å². The van der Waals surface area contributed by atoms with Crippen LogP contribution in [0.1, 0.15) is 5.56 Å². The van der Waals surface area contributed by atoms with Gasteiger partial charge < -0.3 is 9.15 Å². The van der Waals surface area contributed by atoms with E-state index in [2.05, 4.69) is 9.98 Å². The van der Waals surface area contributed by atoms with Crippen molar-refractivity contribution >= 4 is 46.0 Å². The van der Waals surface area contributed by atoms with Gasteiger partial charge in [0.05, 0.1) is 32.2 Å². The first-order chi connectivity index (χ1) is 18.3. The minimum Gasteiger partial charge on any atom is -0.450 e. The summed E-state index contributed by atoms with van der Waals surface area (Å²) in [5.74, 6) is -0.0786. The molecule has 0 aliphatic rings. The number of halogens is 2. The predicted molar refractivity (Wildman–Crippen MR) is 138 cm³/mol. The van der Waals surface area contributed by atoms with Crippen LogP contribution in [-0.4, -0.2) is 21.0 Å². The number of oxazole rings is 1. The molecule has 0 unspecified atom stereocenters. The highest BCUT2D eigenvalue weighted by Gasteiger charge is 2.21. The van der Waals surface area contributed by atoms with E-state index in [1.807, 2.05) is 0 Å². The van der Waals surface area contributed by atoms with Crippen molar-refractivity contribution in [3.05, 3.63) is 115 Å². The van der Waals surface area contributed by atoms with Crippen LogP contribution in [0.4, 0.5) is 21.5 Å². The molecule has 0 amide bonds. The number of fused-ring (bicyclic) bond motifs is 1. The Labute approximate surface area is 217 Å². The van der Waals surface area contributed by atoms with Crippen LogP contribution in [0.25, 0.3) is 22.6 Å². The lowest BCUT2D eigenvalue weighted by atomic mass is 10.2. The smallest absolute Gasteiger partial charge is 0.318 e. The Hall–Kier alpha value is -5.16. The zero-order chi connectivity index (χ0) is 26.8. The first-order valence-electron chi connectivity index (χ1n) is 10.9. The summed E-state index contributed by atoms with van der Waals surface area (Å²) in [4.78, 5) is 29.7. The molecule has 5 rings (SSSR count). The SMILES string of the molecule is O=[N+]([O-])c1ccc(Oc2cccc(C=Nc3ccc4oc(-c5ccc(F)cc5Cl)nc4c3)c2)c([N+](=O)[O-])c1. The summed E-state index contributed by atoms with van der Waals surface area (Å²) in [5, 5.41) is 22.5. The minimum atomic E-state index is -0.747. The van der Waals surface area contributed by atoms with Crippen LogP contribution < -0.4 is 4.74 Å². The molecule has 5 aromatic rings. The lowest BCUT2D eigenvalue weighted by molar-refractivity contribution is -0.394. The lowest BCUT2D eigenvalue weighted by Crippen LogP contribution is -1.96. The Morgan fingerprint density at radius 2 is 1.82 bits per heavy atom. The largest absolute Gasteiger partial charge is 0.450 e. The van der Waals surface area contributed by atoms with E-state index in [0.717, 1.165) is 12.1 Å². The molecule has 0 aliphatic carbocycles. The first kappa shape index (κ1) is 24.5. The molecule has 0 aliphatic heterocycles. The second-order valence-corrected chi connectivity index (χ2v) is 8.30. The molecule has 38 heavy (non-hydrogen) atoms. The number of nitro benzene ring substituents is 2. The summed E-state index contributed by atoms with van der Waals surface area (Å²) < 4.78 is 24.7. The van der Waals surface area contributed by atoms with Gasteiger partial charge in [0.1, 0.15) is 17.1 Å². The zero-order valence-electron chi connectivity index (χ0n) is 19.1. The summed E-state index contributed by atoms with van der Waals surface area (Å²) in [6.45, 7) is 0. The fraction of sp³-hybridized carbons (Fsp3) is 0. The van der Waals surface area contributed by atoms with Crippen molar-refractivity contribution in [1.29, 1.82) is 0 Å². The Balaban J connectivity index is 1.37. The second kappa shape index (κ2) is 10.1. The third-order valence-electron chi connectivity index (χ3n) is 5.33. The first-order valence-corrected chi connectivity index (χ1v) is 11.3. The molecule has 0 bridgehead atoms. The summed E-state index contributed by atoms with van der Waals surface area (Å²) >= 11 is 6.11. The van der Waals surface area contributed by atoms with E-state index in [4.69, 9.17) is 20.8 Å². The van der Waals surface area contributed by atoms with E-state index in [0.29, 0.717) is 27.9 Å². The summed E-state index contributed by atoms with van der Waals surface area (Å²) in [6.07, 6.45) is 1.57. The van der Waals surface area contributed by atoms with Crippen LogP contribution in [0.5, 0.6) is 11.5 Å². The average molecular weight is 533 g/mol. The topological polar surface area (TPSA) is 134 Å². The number of nitro groups is 2. The van der Waals surface area contributed by atoms with Gasteiger partial charge in [-0.15, -0.1) is 0 Å². The van der Waals surface area contributed by atoms with Gasteiger partial charge in [0.2, 0.25) is 11.6 Å². The Morgan fingerprint density at radius 3 is 2.58 bits per heavy atom. The maximum atomic E-state index is 13.4.